The Kier molecular flexibility index (Phi) is 6.98. The first-order chi connectivity index (χ1) is 9.73. The van der Waals surface area contributed by atoms with Crippen molar-refractivity contribution in [2.45, 2.75) is 66.5 Å². The number of guanidine groups is 1. The normalized spacial score (nSPS) is 24.7. The van der Waals surface area contributed by atoms with Gasteiger partial charge in [0.2, 0.25) is 0 Å². The van der Waals surface area contributed by atoms with Crippen molar-refractivity contribution >= 4 is 5.96 Å². The van der Waals surface area contributed by atoms with Crippen molar-refractivity contribution < 1.29 is 0 Å². The molecule has 1 saturated heterocycles. The van der Waals surface area contributed by atoms with E-state index in [0.717, 1.165) is 19.0 Å². The van der Waals surface area contributed by atoms with Gasteiger partial charge in [-0.3, -0.25) is 9.89 Å². The van der Waals surface area contributed by atoms with Gasteiger partial charge in [0.05, 0.1) is 0 Å². The van der Waals surface area contributed by atoms with Gasteiger partial charge in [-0.15, -0.1) is 0 Å². The molecule has 0 amide bonds. The van der Waals surface area contributed by atoms with Crippen molar-refractivity contribution in [2.24, 2.45) is 16.3 Å². The molecule has 1 heterocycles. The summed E-state index contributed by atoms with van der Waals surface area (Å²) in [7, 11) is 1.86. The monoisotopic (exact) mass is 296 g/mol. The van der Waals surface area contributed by atoms with Crippen molar-refractivity contribution in [1.82, 2.24) is 15.5 Å². The third kappa shape index (κ3) is 6.68. The van der Waals surface area contributed by atoms with Crippen LogP contribution in [0.25, 0.3) is 0 Å². The van der Waals surface area contributed by atoms with Crippen molar-refractivity contribution in [3.8, 4) is 0 Å². The number of nitrogens with one attached hydrogen (secondary N) is 2. The van der Waals surface area contributed by atoms with Crippen LogP contribution in [0.15, 0.2) is 4.99 Å². The number of hydrogen-bond acceptors (Lipinski definition) is 2. The Hall–Kier alpha value is -0.770. The van der Waals surface area contributed by atoms with Gasteiger partial charge in [0.1, 0.15) is 0 Å². The van der Waals surface area contributed by atoms with Gasteiger partial charge in [0, 0.05) is 38.8 Å². The molecule has 0 radical (unpaired) electrons. The zero-order valence-electron chi connectivity index (χ0n) is 15.2. The van der Waals surface area contributed by atoms with Crippen LogP contribution in [0.1, 0.15) is 54.4 Å². The highest BCUT2D eigenvalue weighted by Gasteiger charge is 2.31. The minimum absolute atomic E-state index is 0.413. The fourth-order valence-electron chi connectivity index (χ4n) is 2.81. The summed E-state index contributed by atoms with van der Waals surface area (Å²) >= 11 is 0. The zero-order chi connectivity index (χ0) is 16.0. The fraction of sp³-hybridized carbons (Fsp3) is 0.941. The number of hydrogen-bond donors (Lipinski definition) is 2. The van der Waals surface area contributed by atoms with Gasteiger partial charge < -0.3 is 10.6 Å². The largest absolute Gasteiger partial charge is 0.356 e. The Morgan fingerprint density at radius 1 is 1.29 bits per heavy atom. The van der Waals surface area contributed by atoms with Crippen LogP contribution in [-0.4, -0.2) is 49.6 Å². The lowest BCUT2D eigenvalue weighted by molar-refractivity contribution is 0.265. The Balaban J connectivity index is 2.34. The maximum Gasteiger partial charge on any atom is 0.191 e. The maximum atomic E-state index is 4.37. The van der Waals surface area contributed by atoms with E-state index in [1.54, 1.807) is 0 Å². The van der Waals surface area contributed by atoms with Gasteiger partial charge >= 0.3 is 0 Å². The Bertz CT molecular complexity index is 330. The third-order valence-corrected chi connectivity index (χ3v) is 4.31. The summed E-state index contributed by atoms with van der Waals surface area (Å²) in [6, 6.07) is 1.13. The molecular formula is C17H36N4. The van der Waals surface area contributed by atoms with Crippen molar-refractivity contribution in [3.05, 3.63) is 0 Å². The molecule has 4 nitrogen and oxygen atoms in total. The van der Waals surface area contributed by atoms with Gasteiger partial charge in [0.15, 0.2) is 5.96 Å². The van der Waals surface area contributed by atoms with Crippen LogP contribution in [-0.2, 0) is 0 Å². The lowest BCUT2D eigenvalue weighted by atomic mass is 9.91. The SMILES string of the molecule is CN=C(NCCCC(C)(C)C)NC1CN(C(C)C)CC1C. The summed E-state index contributed by atoms with van der Waals surface area (Å²) in [5.41, 5.74) is 0.413. The molecule has 2 N–H and O–H groups in total. The van der Waals surface area contributed by atoms with Crippen molar-refractivity contribution in [1.29, 1.82) is 0 Å². The molecule has 0 spiro atoms. The number of likely N-dealkylation sites (tertiary alicyclic amines) is 1. The molecule has 0 aromatic rings. The van der Waals surface area contributed by atoms with Crippen molar-refractivity contribution in [3.63, 3.8) is 0 Å². The van der Waals surface area contributed by atoms with Gasteiger partial charge in [-0.25, -0.2) is 0 Å². The van der Waals surface area contributed by atoms with E-state index in [-0.39, 0.29) is 0 Å². The molecule has 0 aromatic carbocycles. The molecule has 0 aliphatic carbocycles. The van der Waals surface area contributed by atoms with E-state index in [4.69, 9.17) is 0 Å². The highest BCUT2D eigenvalue weighted by atomic mass is 15.3. The minimum Gasteiger partial charge on any atom is -0.356 e. The fourth-order valence-corrected chi connectivity index (χ4v) is 2.81. The summed E-state index contributed by atoms with van der Waals surface area (Å²) in [5, 5.41) is 7.05. The van der Waals surface area contributed by atoms with E-state index < -0.39 is 0 Å². The summed E-state index contributed by atoms with van der Waals surface area (Å²) in [4.78, 5) is 6.90. The van der Waals surface area contributed by atoms with Gasteiger partial charge in [-0.1, -0.05) is 27.7 Å². The summed E-state index contributed by atoms with van der Waals surface area (Å²) in [6.07, 6.45) is 2.42. The highest BCUT2D eigenvalue weighted by molar-refractivity contribution is 5.80. The molecular weight excluding hydrogens is 260 g/mol. The van der Waals surface area contributed by atoms with Gasteiger partial charge in [-0.05, 0) is 38.0 Å². The number of rotatable bonds is 5. The van der Waals surface area contributed by atoms with Crippen LogP contribution in [0.5, 0.6) is 0 Å². The molecule has 1 aliphatic rings. The third-order valence-electron chi connectivity index (χ3n) is 4.31. The average molecular weight is 297 g/mol. The van der Waals surface area contributed by atoms with Crippen LogP contribution in [0.2, 0.25) is 0 Å². The predicted octanol–water partition coefficient (Wildman–Crippen LogP) is 2.71. The van der Waals surface area contributed by atoms with Gasteiger partial charge in [-0.2, -0.15) is 0 Å². The van der Waals surface area contributed by atoms with Crippen LogP contribution in [0, 0.1) is 11.3 Å². The Morgan fingerprint density at radius 3 is 2.43 bits per heavy atom. The molecule has 2 atom stereocenters. The molecule has 1 fully saturated rings. The number of aliphatic imine (C=N–C) groups is 1. The second-order valence-electron chi connectivity index (χ2n) is 7.94. The van der Waals surface area contributed by atoms with Crippen LogP contribution in [0.3, 0.4) is 0 Å². The second kappa shape index (κ2) is 8.02. The van der Waals surface area contributed by atoms with Crippen molar-refractivity contribution in [2.75, 3.05) is 26.7 Å². The Labute approximate surface area is 131 Å². The van der Waals surface area contributed by atoms with E-state index >= 15 is 0 Å². The van der Waals surface area contributed by atoms with E-state index in [1.807, 2.05) is 7.05 Å². The quantitative estimate of drug-likeness (QED) is 0.465. The molecule has 0 aromatic heterocycles. The first kappa shape index (κ1) is 18.3. The van der Waals surface area contributed by atoms with Crippen LogP contribution >= 0.6 is 0 Å². The van der Waals surface area contributed by atoms with Crippen LogP contribution in [0.4, 0.5) is 0 Å². The molecule has 4 heteroatoms. The standard InChI is InChI=1S/C17H36N4/c1-13(2)21-11-14(3)15(12-21)20-16(18-7)19-10-8-9-17(4,5)6/h13-15H,8-12H2,1-7H3,(H2,18,19,20). The van der Waals surface area contributed by atoms with Gasteiger partial charge in [0.25, 0.3) is 0 Å². The van der Waals surface area contributed by atoms with E-state index in [1.165, 1.54) is 19.4 Å². The van der Waals surface area contributed by atoms with E-state index in [0.29, 0.717) is 23.4 Å². The molecule has 1 rings (SSSR count). The van der Waals surface area contributed by atoms with Crippen LogP contribution < -0.4 is 10.6 Å². The summed E-state index contributed by atoms with van der Waals surface area (Å²) in [6.45, 7) is 17.0. The predicted molar refractivity (Wildman–Crippen MR) is 92.8 cm³/mol. The maximum absolute atomic E-state index is 4.37. The lowest BCUT2D eigenvalue weighted by Crippen LogP contribution is -2.47. The highest BCUT2D eigenvalue weighted by Crippen LogP contribution is 2.20. The molecule has 21 heavy (non-hydrogen) atoms. The molecule has 0 bridgehead atoms. The summed E-state index contributed by atoms with van der Waals surface area (Å²) < 4.78 is 0. The second-order valence-corrected chi connectivity index (χ2v) is 7.94. The van der Waals surface area contributed by atoms with E-state index in [9.17, 15) is 0 Å². The Morgan fingerprint density at radius 2 is 1.95 bits per heavy atom. The zero-order valence-corrected chi connectivity index (χ0v) is 15.2. The average Bonchev–Trinajstić information content (AvgIpc) is 2.73. The minimum atomic E-state index is 0.413. The first-order valence-electron chi connectivity index (χ1n) is 8.44. The molecule has 0 saturated carbocycles. The molecule has 124 valence electrons. The molecule has 1 aliphatic heterocycles. The van der Waals surface area contributed by atoms with E-state index in [2.05, 4.69) is 62.1 Å². The molecule has 2 unspecified atom stereocenters. The lowest BCUT2D eigenvalue weighted by Gasteiger charge is -2.22. The smallest absolute Gasteiger partial charge is 0.191 e. The summed E-state index contributed by atoms with van der Waals surface area (Å²) in [5.74, 6) is 1.62. The topological polar surface area (TPSA) is 39.7 Å². The first-order valence-corrected chi connectivity index (χ1v) is 8.44. The number of nitrogens with zero attached hydrogens (tertiary/aromatic N) is 2.